The largest absolute Gasteiger partial charge is 0.449 e. The van der Waals surface area contributed by atoms with E-state index in [4.69, 9.17) is 4.74 Å². The molecule has 2 aromatic rings. The number of sulfone groups is 1. The summed E-state index contributed by atoms with van der Waals surface area (Å²) >= 11 is 0. The molecule has 28 heavy (non-hydrogen) atoms. The first-order chi connectivity index (χ1) is 13.2. The van der Waals surface area contributed by atoms with Gasteiger partial charge in [-0.25, -0.2) is 17.9 Å². The molecule has 0 saturated carbocycles. The summed E-state index contributed by atoms with van der Waals surface area (Å²) in [7, 11) is -1.56. The maximum atomic E-state index is 12.5. The second-order valence-electron chi connectivity index (χ2n) is 6.98. The summed E-state index contributed by atoms with van der Waals surface area (Å²) in [5.74, 6) is -1.01. The molecular formula is C19H23N3O5S. The number of carbonyl (C=O) groups excluding carboxylic acids is 2. The molecule has 0 unspecified atom stereocenters. The van der Waals surface area contributed by atoms with E-state index in [9.17, 15) is 18.0 Å². The van der Waals surface area contributed by atoms with Gasteiger partial charge in [-0.3, -0.25) is 4.79 Å². The zero-order valence-corrected chi connectivity index (χ0v) is 16.8. The fraction of sp³-hybridized carbons (Fsp3) is 0.421. The molecule has 0 bridgehead atoms. The number of likely N-dealkylation sites (N-methyl/N-ethyl adjacent to an activating group) is 1. The zero-order valence-electron chi connectivity index (χ0n) is 16.0. The number of carbonyl (C=O) groups is 2. The van der Waals surface area contributed by atoms with E-state index in [2.05, 4.69) is 5.10 Å². The Bertz CT molecular complexity index is 981. The van der Waals surface area contributed by atoms with Gasteiger partial charge in [-0.2, -0.15) is 5.10 Å². The van der Waals surface area contributed by atoms with Gasteiger partial charge in [-0.1, -0.05) is 0 Å². The molecule has 0 spiro atoms. The fourth-order valence-corrected chi connectivity index (χ4v) is 4.98. The van der Waals surface area contributed by atoms with E-state index in [-0.39, 0.29) is 17.5 Å². The van der Waals surface area contributed by atoms with Crippen molar-refractivity contribution in [3.63, 3.8) is 0 Å². The second-order valence-corrected chi connectivity index (χ2v) is 9.21. The number of nitrogens with zero attached hydrogens (tertiary/aromatic N) is 3. The number of aryl methyl sites for hydroxylation is 1. The monoisotopic (exact) mass is 405 g/mol. The molecule has 0 N–H and O–H groups in total. The Labute approximate surface area is 164 Å². The standard InChI is InChI=1S/C19H23N3O5S/c1-13-8-10-20-22(13)16-6-4-15(5-7-16)19(24)27-14(2)18(23)21(3)17-9-11-28(25,26)12-17/h4-8,10,14,17H,9,11-12H2,1-3H3/t14-,17+/m1/s1. The van der Waals surface area contributed by atoms with E-state index in [1.54, 1.807) is 42.2 Å². The van der Waals surface area contributed by atoms with Gasteiger partial charge in [0.2, 0.25) is 0 Å². The lowest BCUT2D eigenvalue weighted by molar-refractivity contribution is -0.140. The third kappa shape index (κ3) is 4.24. The van der Waals surface area contributed by atoms with E-state index in [0.29, 0.717) is 12.0 Å². The lowest BCUT2D eigenvalue weighted by atomic mass is 10.2. The highest BCUT2D eigenvalue weighted by Gasteiger charge is 2.35. The van der Waals surface area contributed by atoms with Crippen LogP contribution < -0.4 is 0 Å². The van der Waals surface area contributed by atoms with Crippen molar-refractivity contribution < 1.29 is 22.7 Å². The fourth-order valence-electron chi connectivity index (χ4n) is 3.21. The SMILES string of the molecule is Cc1ccnn1-c1ccc(C(=O)O[C@H](C)C(=O)N(C)[C@H]2CCS(=O)(=O)C2)cc1. The zero-order chi connectivity index (χ0) is 20.5. The van der Waals surface area contributed by atoms with Crippen LogP contribution in [-0.2, 0) is 19.4 Å². The van der Waals surface area contributed by atoms with Gasteiger partial charge in [0.25, 0.3) is 5.91 Å². The molecule has 2 atom stereocenters. The molecule has 1 saturated heterocycles. The summed E-state index contributed by atoms with van der Waals surface area (Å²) < 4.78 is 30.2. The Hall–Kier alpha value is -2.68. The number of amides is 1. The minimum absolute atomic E-state index is 0.0514. The maximum absolute atomic E-state index is 12.5. The van der Waals surface area contributed by atoms with Crippen LogP contribution in [-0.4, -0.2) is 65.7 Å². The molecule has 2 heterocycles. The van der Waals surface area contributed by atoms with Gasteiger partial charge in [-0.05, 0) is 50.6 Å². The van der Waals surface area contributed by atoms with Crippen LogP contribution in [0.4, 0.5) is 0 Å². The van der Waals surface area contributed by atoms with Crippen LogP contribution in [0.3, 0.4) is 0 Å². The van der Waals surface area contributed by atoms with Crippen molar-refractivity contribution in [1.82, 2.24) is 14.7 Å². The van der Waals surface area contributed by atoms with Gasteiger partial charge in [-0.15, -0.1) is 0 Å². The van der Waals surface area contributed by atoms with Gasteiger partial charge in [0, 0.05) is 25.0 Å². The quantitative estimate of drug-likeness (QED) is 0.697. The number of aromatic nitrogens is 2. The lowest BCUT2D eigenvalue weighted by Crippen LogP contribution is -2.44. The van der Waals surface area contributed by atoms with Crippen molar-refractivity contribution in [3.05, 3.63) is 47.8 Å². The molecule has 0 aliphatic carbocycles. The number of hydrogen-bond donors (Lipinski definition) is 0. The van der Waals surface area contributed by atoms with E-state index >= 15 is 0 Å². The van der Waals surface area contributed by atoms with Crippen molar-refractivity contribution in [1.29, 1.82) is 0 Å². The Morgan fingerprint density at radius 2 is 1.93 bits per heavy atom. The summed E-state index contributed by atoms with van der Waals surface area (Å²) in [5, 5.41) is 4.21. The first-order valence-electron chi connectivity index (χ1n) is 8.97. The average Bonchev–Trinajstić information content (AvgIpc) is 3.25. The van der Waals surface area contributed by atoms with Gasteiger partial charge in [0.15, 0.2) is 15.9 Å². The van der Waals surface area contributed by atoms with Crippen LogP contribution in [0.1, 0.15) is 29.4 Å². The highest BCUT2D eigenvalue weighted by Crippen LogP contribution is 2.18. The van der Waals surface area contributed by atoms with E-state index in [0.717, 1.165) is 11.4 Å². The lowest BCUT2D eigenvalue weighted by Gasteiger charge is -2.26. The number of rotatable bonds is 5. The minimum atomic E-state index is -3.10. The van der Waals surface area contributed by atoms with Crippen molar-refractivity contribution in [3.8, 4) is 5.69 Å². The number of hydrogen-bond acceptors (Lipinski definition) is 6. The smallest absolute Gasteiger partial charge is 0.338 e. The molecule has 1 aliphatic rings. The molecular weight excluding hydrogens is 382 g/mol. The summed E-state index contributed by atoms with van der Waals surface area (Å²) in [5.41, 5.74) is 2.09. The van der Waals surface area contributed by atoms with Gasteiger partial charge < -0.3 is 9.64 Å². The van der Waals surface area contributed by atoms with Gasteiger partial charge in [0.05, 0.1) is 22.8 Å². The summed E-state index contributed by atoms with van der Waals surface area (Å²) in [4.78, 5) is 26.2. The molecule has 1 aromatic carbocycles. The normalized spacial score (nSPS) is 19.2. The predicted molar refractivity (Wildman–Crippen MR) is 103 cm³/mol. The summed E-state index contributed by atoms with van der Waals surface area (Å²) in [6, 6.07) is 8.22. The Morgan fingerprint density at radius 1 is 1.25 bits per heavy atom. The van der Waals surface area contributed by atoms with Crippen LogP contribution in [0.2, 0.25) is 0 Å². The number of esters is 1. The van der Waals surface area contributed by atoms with E-state index in [1.165, 1.54) is 11.8 Å². The van der Waals surface area contributed by atoms with Crippen LogP contribution in [0.5, 0.6) is 0 Å². The van der Waals surface area contributed by atoms with Gasteiger partial charge in [0.1, 0.15) is 0 Å². The average molecular weight is 405 g/mol. The molecule has 0 radical (unpaired) electrons. The van der Waals surface area contributed by atoms with Crippen molar-refractivity contribution in [2.75, 3.05) is 18.6 Å². The van der Waals surface area contributed by atoms with Crippen LogP contribution in [0.15, 0.2) is 36.5 Å². The molecule has 1 aliphatic heterocycles. The Balaban J connectivity index is 1.62. The van der Waals surface area contributed by atoms with Crippen LogP contribution >= 0.6 is 0 Å². The highest BCUT2D eigenvalue weighted by atomic mass is 32.2. The van der Waals surface area contributed by atoms with Gasteiger partial charge >= 0.3 is 5.97 Å². The van der Waals surface area contributed by atoms with Crippen LogP contribution in [0.25, 0.3) is 5.69 Å². The predicted octanol–water partition coefficient (Wildman–Crippen LogP) is 1.37. The molecule has 1 fully saturated rings. The third-order valence-electron chi connectivity index (χ3n) is 4.91. The van der Waals surface area contributed by atoms with Crippen molar-refractivity contribution in [2.24, 2.45) is 0 Å². The minimum Gasteiger partial charge on any atom is -0.449 e. The topological polar surface area (TPSA) is 98.6 Å². The Kier molecular flexibility index (Phi) is 5.55. The van der Waals surface area contributed by atoms with E-state index in [1.807, 2.05) is 13.0 Å². The van der Waals surface area contributed by atoms with Crippen LogP contribution in [0, 0.1) is 6.92 Å². The highest BCUT2D eigenvalue weighted by molar-refractivity contribution is 7.91. The summed E-state index contributed by atoms with van der Waals surface area (Å²) in [6.07, 6.45) is 1.09. The first-order valence-corrected chi connectivity index (χ1v) is 10.8. The summed E-state index contributed by atoms with van der Waals surface area (Å²) in [6.45, 7) is 3.41. The molecule has 8 nitrogen and oxygen atoms in total. The molecule has 9 heteroatoms. The van der Waals surface area contributed by atoms with E-state index < -0.39 is 27.8 Å². The third-order valence-corrected chi connectivity index (χ3v) is 6.67. The number of ether oxygens (including phenoxy) is 1. The Morgan fingerprint density at radius 3 is 2.46 bits per heavy atom. The molecule has 1 aromatic heterocycles. The maximum Gasteiger partial charge on any atom is 0.338 e. The van der Waals surface area contributed by atoms with Crippen molar-refractivity contribution in [2.45, 2.75) is 32.4 Å². The van der Waals surface area contributed by atoms with Crippen molar-refractivity contribution >= 4 is 21.7 Å². The molecule has 150 valence electrons. The molecule has 1 amide bonds. The first kappa shape index (κ1) is 20.1. The second kappa shape index (κ2) is 7.75. The molecule has 3 rings (SSSR count). The number of benzene rings is 1.